The Kier molecular flexibility index (Phi) is 8.15. The molecule has 0 aliphatic carbocycles. The fourth-order valence-electron chi connectivity index (χ4n) is 2.18. The summed E-state index contributed by atoms with van der Waals surface area (Å²) in [5.41, 5.74) is 2.54. The van der Waals surface area contributed by atoms with Crippen LogP contribution in [-0.4, -0.2) is 20.2 Å². The van der Waals surface area contributed by atoms with Gasteiger partial charge in [0.2, 0.25) is 0 Å². The molecule has 1 aromatic rings. The second-order valence-corrected chi connectivity index (χ2v) is 5.79. The van der Waals surface area contributed by atoms with Gasteiger partial charge in [-0.15, -0.1) is 0 Å². The van der Waals surface area contributed by atoms with E-state index >= 15 is 0 Å². The number of ether oxygens (including phenoxy) is 1. The van der Waals surface area contributed by atoms with E-state index in [0.29, 0.717) is 0 Å². The molecule has 2 nitrogen and oxygen atoms in total. The van der Waals surface area contributed by atoms with Crippen LogP contribution in [0.25, 0.3) is 0 Å². The molecule has 1 rings (SSSR count). The average molecular weight is 328 g/mol. The second-order valence-electron chi connectivity index (χ2n) is 4.93. The molecule has 0 atom stereocenters. The highest BCUT2D eigenvalue weighted by Gasteiger charge is 2.06. The van der Waals surface area contributed by atoms with Gasteiger partial charge in [0.25, 0.3) is 0 Å². The van der Waals surface area contributed by atoms with Crippen molar-refractivity contribution in [1.82, 2.24) is 5.32 Å². The Hall–Kier alpha value is -0.540. The third kappa shape index (κ3) is 5.96. The van der Waals surface area contributed by atoms with Gasteiger partial charge in [0.1, 0.15) is 5.75 Å². The summed E-state index contributed by atoms with van der Waals surface area (Å²) < 4.78 is 6.64. The van der Waals surface area contributed by atoms with Gasteiger partial charge in [-0.25, -0.2) is 0 Å². The van der Waals surface area contributed by atoms with Gasteiger partial charge in [-0.05, 0) is 62.5 Å². The molecule has 3 heteroatoms. The maximum atomic E-state index is 5.46. The first-order valence-electron chi connectivity index (χ1n) is 7.22. The molecule has 0 saturated heterocycles. The zero-order chi connectivity index (χ0) is 14.1. The van der Waals surface area contributed by atoms with Crippen LogP contribution in [0.1, 0.15) is 43.7 Å². The van der Waals surface area contributed by atoms with Gasteiger partial charge < -0.3 is 10.1 Å². The molecule has 0 amide bonds. The molecule has 1 aromatic carbocycles. The van der Waals surface area contributed by atoms with Crippen LogP contribution < -0.4 is 10.1 Å². The van der Waals surface area contributed by atoms with Gasteiger partial charge in [0, 0.05) is 4.47 Å². The maximum absolute atomic E-state index is 5.46. The van der Waals surface area contributed by atoms with E-state index < -0.39 is 0 Å². The molecule has 0 spiro atoms. The molecule has 19 heavy (non-hydrogen) atoms. The summed E-state index contributed by atoms with van der Waals surface area (Å²) in [6.45, 7) is 6.48. The van der Waals surface area contributed by atoms with Crippen LogP contribution >= 0.6 is 15.9 Å². The van der Waals surface area contributed by atoms with Crippen molar-refractivity contribution < 1.29 is 4.74 Å². The van der Waals surface area contributed by atoms with E-state index in [4.69, 9.17) is 4.74 Å². The number of aryl methyl sites for hydroxylation is 2. The van der Waals surface area contributed by atoms with Gasteiger partial charge in [-0.3, -0.25) is 0 Å². The number of methoxy groups -OCH3 is 1. The van der Waals surface area contributed by atoms with Crippen LogP contribution in [0.15, 0.2) is 16.6 Å². The van der Waals surface area contributed by atoms with E-state index in [2.05, 4.69) is 47.2 Å². The Morgan fingerprint density at radius 3 is 2.58 bits per heavy atom. The summed E-state index contributed by atoms with van der Waals surface area (Å²) in [7, 11) is 1.75. The van der Waals surface area contributed by atoms with Crippen LogP contribution in [0.3, 0.4) is 0 Å². The predicted molar refractivity (Wildman–Crippen MR) is 86.1 cm³/mol. The molecule has 0 saturated carbocycles. The van der Waals surface area contributed by atoms with E-state index in [9.17, 15) is 0 Å². The van der Waals surface area contributed by atoms with Crippen molar-refractivity contribution in [2.45, 2.75) is 46.0 Å². The minimum Gasteiger partial charge on any atom is -0.496 e. The summed E-state index contributed by atoms with van der Waals surface area (Å²) in [6, 6.07) is 4.32. The summed E-state index contributed by atoms with van der Waals surface area (Å²) in [5, 5.41) is 3.36. The highest BCUT2D eigenvalue weighted by atomic mass is 79.9. The average Bonchev–Trinajstić information content (AvgIpc) is 2.41. The maximum Gasteiger partial charge on any atom is 0.122 e. The summed E-state index contributed by atoms with van der Waals surface area (Å²) >= 11 is 3.60. The van der Waals surface area contributed by atoms with E-state index in [1.807, 2.05) is 0 Å². The predicted octanol–water partition coefficient (Wildman–Crippen LogP) is 4.48. The van der Waals surface area contributed by atoms with Gasteiger partial charge in [-0.2, -0.15) is 0 Å². The number of hydrogen-bond acceptors (Lipinski definition) is 2. The highest BCUT2D eigenvalue weighted by Crippen LogP contribution is 2.28. The topological polar surface area (TPSA) is 21.3 Å². The van der Waals surface area contributed by atoms with Crippen molar-refractivity contribution in [2.24, 2.45) is 0 Å². The van der Waals surface area contributed by atoms with E-state index in [0.717, 1.165) is 25.3 Å². The zero-order valence-electron chi connectivity index (χ0n) is 12.4. The van der Waals surface area contributed by atoms with Crippen LogP contribution in [0.5, 0.6) is 5.75 Å². The molecule has 0 aromatic heterocycles. The smallest absolute Gasteiger partial charge is 0.122 e. The van der Waals surface area contributed by atoms with Gasteiger partial charge in [-0.1, -0.05) is 35.7 Å². The molecule has 1 N–H and O–H groups in total. The fourth-order valence-corrected chi connectivity index (χ4v) is 2.57. The molecular formula is C16H26BrNO. The minimum atomic E-state index is 1.02. The lowest BCUT2D eigenvalue weighted by Gasteiger charge is -2.11. The largest absolute Gasteiger partial charge is 0.496 e. The Morgan fingerprint density at radius 1 is 1.16 bits per heavy atom. The standard InChI is InChI=1S/C16H26BrNO/c1-4-18-10-8-6-5-7-9-14-12-15(17)13(2)11-16(14)19-3/h11-12,18H,4-10H2,1-3H3. The first-order valence-corrected chi connectivity index (χ1v) is 8.02. The summed E-state index contributed by atoms with van der Waals surface area (Å²) in [5.74, 6) is 1.02. The van der Waals surface area contributed by atoms with Crippen molar-refractivity contribution in [1.29, 1.82) is 0 Å². The normalized spacial score (nSPS) is 10.7. The Morgan fingerprint density at radius 2 is 1.89 bits per heavy atom. The molecule has 0 heterocycles. The van der Waals surface area contributed by atoms with E-state index in [1.165, 1.54) is 41.3 Å². The number of unbranched alkanes of at least 4 members (excludes halogenated alkanes) is 3. The van der Waals surface area contributed by atoms with Crippen molar-refractivity contribution in [2.75, 3.05) is 20.2 Å². The molecule has 108 valence electrons. The van der Waals surface area contributed by atoms with E-state index in [1.54, 1.807) is 7.11 Å². The van der Waals surface area contributed by atoms with Gasteiger partial charge in [0.15, 0.2) is 0 Å². The highest BCUT2D eigenvalue weighted by molar-refractivity contribution is 9.10. The zero-order valence-corrected chi connectivity index (χ0v) is 14.0. The third-order valence-electron chi connectivity index (χ3n) is 3.36. The van der Waals surface area contributed by atoms with E-state index in [-0.39, 0.29) is 0 Å². The summed E-state index contributed by atoms with van der Waals surface area (Å²) in [4.78, 5) is 0. The molecule has 0 unspecified atom stereocenters. The molecule has 0 bridgehead atoms. The van der Waals surface area contributed by atoms with Crippen molar-refractivity contribution in [3.63, 3.8) is 0 Å². The quantitative estimate of drug-likeness (QED) is 0.675. The van der Waals surface area contributed by atoms with Crippen LogP contribution in [0, 0.1) is 6.92 Å². The van der Waals surface area contributed by atoms with Crippen LogP contribution in [0.2, 0.25) is 0 Å². The van der Waals surface area contributed by atoms with Crippen LogP contribution in [0.4, 0.5) is 0 Å². The molecule has 0 aliphatic rings. The monoisotopic (exact) mass is 327 g/mol. The van der Waals surface area contributed by atoms with Crippen LogP contribution in [-0.2, 0) is 6.42 Å². The number of nitrogens with one attached hydrogen (secondary N) is 1. The Bertz CT molecular complexity index is 379. The van der Waals surface area contributed by atoms with Crippen molar-refractivity contribution in [3.8, 4) is 5.75 Å². The number of rotatable bonds is 9. The SMILES string of the molecule is CCNCCCCCCc1cc(Br)c(C)cc1OC. The first kappa shape index (κ1) is 16.5. The number of halogens is 1. The Balaban J connectivity index is 2.34. The second kappa shape index (κ2) is 9.38. The Labute approximate surface area is 126 Å². The lowest BCUT2D eigenvalue weighted by molar-refractivity contribution is 0.408. The third-order valence-corrected chi connectivity index (χ3v) is 4.22. The summed E-state index contributed by atoms with van der Waals surface area (Å²) in [6.07, 6.45) is 6.21. The molecule has 0 radical (unpaired) electrons. The fraction of sp³-hybridized carbons (Fsp3) is 0.625. The van der Waals surface area contributed by atoms with Gasteiger partial charge >= 0.3 is 0 Å². The molecule has 0 aliphatic heterocycles. The lowest BCUT2D eigenvalue weighted by atomic mass is 10.0. The number of hydrogen-bond donors (Lipinski definition) is 1. The molecule has 0 fully saturated rings. The minimum absolute atomic E-state index is 1.02. The van der Waals surface area contributed by atoms with Crippen molar-refractivity contribution in [3.05, 3.63) is 27.7 Å². The number of benzene rings is 1. The lowest BCUT2D eigenvalue weighted by Crippen LogP contribution is -2.13. The van der Waals surface area contributed by atoms with Gasteiger partial charge in [0.05, 0.1) is 7.11 Å². The first-order chi connectivity index (χ1) is 9.19. The van der Waals surface area contributed by atoms with Crippen molar-refractivity contribution >= 4 is 15.9 Å². The molecular weight excluding hydrogens is 302 g/mol.